The lowest BCUT2D eigenvalue weighted by Crippen LogP contribution is -2.11. The lowest BCUT2D eigenvalue weighted by Gasteiger charge is -2.10. The van der Waals surface area contributed by atoms with Gasteiger partial charge in [0, 0.05) is 12.7 Å². The van der Waals surface area contributed by atoms with Crippen LogP contribution in [0.5, 0.6) is 0 Å². The van der Waals surface area contributed by atoms with E-state index in [0.717, 1.165) is 18.3 Å². The van der Waals surface area contributed by atoms with E-state index in [2.05, 4.69) is 29.4 Å². The van der Waals surface area contributed by atoms with Gasteiger partial charge in [0.15, 0.2) is 0 Å². The second-order valence-corrected chi connectivity index (χ2v) is 4.25. The number of rotatable bonds is 3. The van der Waals surface area contributed by atoms with Crippen LogP contribution in [-0.2, 0) is 0 Å². The highest BCUT2D eigenvalue weighted by Crippen LogP contribution is 2.24. The first kappa shape index (κ1) is 9.50. The zero-order valence-corrected chi connectivity index (χ0v) is 8.79. The van der Waals surface area contributed by atoms with Crippen LogP contribution in [-0.4, -0.2) is 11.5 Å². The average Bonchev–Trinajstić information content (AvgIpc) is 2.70. The molecule has 0 atom stereocenters. The lowest BCUT2D eigenvalue weighted by atomic mass is 10.1. The molecule has 1 N–H and O–H groups in total. The fourth-order valence-electron chi connectivity index (χ4n) is 2.04. The zero-order chi connectivity index (χ0) is 9.80. The van der Waals surface area contributed by atoms with Crippen LogP contribution in [0.1, 0.15) is 31.2 Å². The van der Waals surface area contributed by atoms with Crippen molar-refractivity contribution in [1.82, 2.24) is 4.98 Å². The SMILES string of the molecule is Cc1ccc(NCC2CCCC2)nc1. The first-order valence-electron chi connectivity index (χ1n) is 5.51. The molecule has 1 saturated carbocycles. The lowest BCUT2D eigenvalue weighted by molar-refractivity contribution is 0.579. The third-order valence-electron chi connectivity index (χ3n) is 2.96. The van der Waals surface area contributed by atoms with Crippen LogP contribution < -0.4 is 5.32 Å². The summed E-state index contributed by atoms with van der Waals surface area (Å²) in [6, 6.07) is 4.16. The molecular weight excluding hydrogens is 172 g/mol. The molecule has 14 heavy (non-hydrogen) atoms. The number of hydrogen-bond donors (Lipinski definition) is 1. The van der Waals surface area contributed by atoms with Crippen molar-refractivity contribution in [2.75, 3.05) is 11.9 Å². The summed E-state index contributed by atoms with van der Waals surface area (Å²) >= 11 is 0. The Hall–Kier alpha value is -1.05. The van der Waals surface area contributed by atoms with Gasteiger partial charge in [0.1, 0.15) is 5.82 Å². The average molecular weight is 190 g/mol. The largest absolute Gasteiger partial charge is 0.370 e. The van der Waals surface area contributed by atoms with Gasteiger partial charge >= 0.3 is 0 Å². The molecule has 0 amide bonds. The number of hydrogen-bond acceptors (Lipinski definition) is 2. The number of nitrogens with zero attached hydrogens (tertiary/aromatic N) is 1. The molecule has 1 aliphatic rings. The zero-order valence-electron chi connectivity index (χ0n) is 8.79. The van der Waals surface area contributed by atoms with E-state index in [0.29, 0.717) is 0 Å². The Labute approximate surface area is 85.7 Å². The summed E-state index contributed by atoms with van der Waals surface area (Å²) in [5, 5.41) is 3.40. The standard InChI is InChI=1S/C12H18N2/c1-10-6-7-12(13-8-10)14-9-11-4-2-3-5-11/h6-8,11H,2-5,9H2,1H3,(H,13,14). The van der Waals surface area contributed by atoms with Crippen molar-refractivity contribution < 1.29 is 0 Å². The third kappa shape index (κ3) is 2.47. The third-order valence-corrected chi connectivity index (χ3v) is 2.96. The summed E-state index contributed by atoms with van der Waals surface area (Å²) in [7, 11) is 0. The van der Waals surface area contributed by atoms with E-state index in [1.807, 2.05) is 6.20 Å². The van der Waals surface area contributed by atoms with Crippen LogP contribution in [0.3, 0.4) is 0 Å². The normalized spacial score (nSPS) is 17.2. The monoisotopic (exact) mass is 190 g/mol. The van der Waals surface area contributed by atoms with E-state index < -0.39 is 0 Å². The highest BCUT2D eigenvalue weighted by Gasteiger charge is 2.14. The fraction of sp³-hybridized carbons (Fsp3) is 0.583. The summed E-state index contributed by atoms with van der Waals surface area (Å²) in [6.07, 6.45) is 7.51. The van der Waals surface area contributed by atoms with Crippen LogP contribution in [0.25, 0.3) is 0 Å². The van der Waals surface area contributed by atoms with E-state index in [1.54, 1.807) is 0 Å². The molecule has 0 radical (unpaired) electrons. The van der Waals surface area contributed by atoms with Crippen molar-refractivity contribution in [2.45, 2.75) is 32.6 Å². The smallest absolute Gasteiger partial charge is 0.125 e. The molecular formula is C12H18N2. The molecule has 1 aliphatic carbocycles. The molecule has 0 saturated heterocycles. The van der Waals surface area contributed by atoms with Gasteiger partial charge in [-0.2, -0.15) is 0 Å². The first-order chi connectivity index (χ1) is 6.84. The van der Waals surface area contributed by atoms with Gasteiger partial charge in [-0.05, 0) is 37.3 Å². The minimum atomic E-state index is 0.873. The Morgan fingerprint density at radius 1 is 1.36 bits per heavy atom. The van der Waals surface area contributed by atoms with E-state index in [4.69, 9.17) is 0 Å². The number of aryl methyl sites for hydroxylation is 1. The predicted octanol–water partition coefficient (Wildman–Crippen LogP) is 2.99. The number of aromatic nitrogens is 1. The summed E-state index contributed by atoms with van der Waals surface area (Å²) in [5.74, 6) is 1.89. The first-order valence-corrected chi connectivity index (χ1v) is 5.51. The summed E-state index contributed by atoms with van der Waals surface area (Å²) in [4.78, 5) is 4.33. The van der Waals surface area contributed by atoms with Gasteiger partial charge in [-0.1, -0.05) is 18.9 Å². The van der Waals surface area contributed by atoms with Gasteiger partial charge in [0.2, 0.25) is 0 Å². The van der Waals surface area contributed by atoms with E-state index in [-0.39, 0.29) is 0 Å². The highest BCUT2D eigenvalue weighted by atomic mass is 15.0. The van der Waals surface area contributed by atoms with Crippen LogP contribution >= 0.6 is 0 Å². The van der Waals surface area contributed by atoms with Crippen LogP contribution in [0.15, 0.2) is 18.3 Å². The van der Waals surface area contributed by atoms with Crippen molar-refractivity contribution in [2.24, 2.45) is 5.92 Å². The Kier molecular flexibility index (Phi) is 3.02. The molecule has 1 aromatic heterocycles. The van der Waals surface area contributed by atoms with Gasteiger partial charge in [-0.15, -0.1) is 0 Å². The van der Waals surface area contributed by atoms with Crippen LogP contribution in [0.4, 0.5) is 5.82 Å². The molecule has 0 aromatic carbocycles. The molecule has 76 valence electrons. The maximum atomic E-state index is 4.33. The fourth-order valence-corrected chi connectivity index (χ4v) is 2.04. The molecule has 1 heterocycles. The van der Waals surface area contributed by atoms with Gasteiger partial charge in [0.25, 0.3) is 0 Å². The Morgan fingerprint density at radius 3 is 2.79 bits per heavy atom. The highest BCUT2D eigenvalue weighted by molar-refractivity contribution is 5.35. The van der Waals surface area contributed by atoms with Crippen molar-refractivity contribution >= 4 is 5.82 Å². The summed E-state index contributed by atoms with van der Waals surface area (Å²) < 4.78 is 0. The Bertz CT molecular complexity index is 273. The maximum absolute atomic E-state index is 4.33. The molecule has 1 fully saturated rings. The number of anilines is 1. The van der Waals surface area contributed by atoms with Crippen molar-refractivity contribution in [3.8, 4) is 0 Å². The van der Waals surface area contributed by atoms with Crippen molar-refractivity contribution in [1.29, 1.82) is 0 Å². The van der Waals surface area contributed by atoms with E-state index >= 15 is 0 Å². The maximum Gasteiger partial charge on any atom is 0.125 e. The van der Waals surface area contributed by atoms with Gasteiger partial charge in [-0.3, -0.25) is 0 Å². The second kappa shape index (κ2) is 4.45. The van der Waals surface area contributed by atoms with Crippen molar-refractivity contribution in [3.05, 3.63) is 23.9 Å². The topological polar surface area (TPSA) is 24.9 Å². The molecule has 2 rings (SSSR count). The quantitative estimate of drug-likeness (QED) is 0.792. The van der Waals surface area contributed by atoms with Gasteiger partial charge in [0.05, 0.1) is 0 Å². The number of nitrogens with one attached hydrogen (secondary N) is 1. The number of pyridine rings is 1. The van der Waals surface area contributed by atoms with Gasteiger partial charge in [-0.25, -0.2) is 4.98 Å². The molecule has 2 heteroatoms. The summed E-state index contributed by atoms with van der Waals surface area (Å²) in [6.45, 7) is 3.16. The van der Waals surface area contributed by atoms with E-state index in [1.165, 1.54) is 31.2 Å². The van der Waals surface area contributed by atoms with Crippen molar-refractivity contribution in [3.63, 3.8) is 0 Å². The molecule has 0 spiro atoms. The van der Waals surface area contributed by atoms with Crippen LogP contribution in [0.2, 0.25) is 0 Å². The summed E-state index contributed by atoms with van der Waals surface area (Å²) in [5.41, 5.74) is 1.22. The minimum Gasteiger partial charge on any atom is -0.370 e. The molecule has 0 aliphatic heterocycles. The second-order valence-electron chi connectivity index (χ2n) is 4.25. The predicted molar refractivity (Wildman–Crippen MR) is 59.4 cm³/mol. The van der Waals surface area contributed by atoms with Crippen LogP contribution in [0, 0.1) is 12.8 Å². The molecule has 0 unspecified atom stereocenters. The van der Waals surface area contributed by atoms with E-state index in [9.17, 15) is 0 Å². The Balaban J connectivity index is 1.82. The molecule has 1 aromatic rings. The minimum absolute atomic E-state index is 0.873. The molecule has 0 bridgehead atoms. The Morgan fingerprint density at radius 2 is 2.14 bits per heavy atom. The molecule has 2 nitrogen and oxygen atoms in total. The van der Waals surface area contributed by atoms with Gasteiger partial charge < -0.3 is 5.32 Å².